The van der Waals surface area contributed by atoms with Crippen LogP contribution in [0.15, 0.2) is 83.7 Å². The number of oxime groups is 1. The van der Waals surface area contributed by atoms with Crippen molar-refractivity contribution in [1.82, 2.24) is 0 Å². The van der Waals surface area contributed by atoms with Gasteiger partial charge in [0.05, 0.1) is 23.6 Å². The fraction of sp³-hybridized carbons (Fsp3) is 0.171. The van der Waals surface area contributed by atoms with Gasteiger partial charge in [-0.25, -0.2) is 23.5 Å². The minimum atomic E-state index is -5.17. The number of fused-ring (bicyclic) bond motifs is 1. The number of halogens is 12. The van der Waals surface area contributed by atoms with E-state index in [2.05, 4.69) is 79.5 Å². The maximum Gasteiger partial charge on any atom is 1.00 e. The average Bonchev–Trinajstić information content (AvgIpc) is 3.50. The Morgan fingerprint density at radius 3 is 1.57 bits per heavy atom. The first kappa shape index (κ1) is 87.5. The summed E-state index contributed by atoms with van der Waals surface area (Å²) in [5, 5.41) is 33.3. The van der Waals surface area contributed by atoms with E-state index < -0.39 is 71.5 Å². The summed E-state index contributed by atoms with van der Waals surface area (Å²) in [6, 6.07) is 15.2. The maximum atomic E-state index is 13.3. The molecule has 12 N–H and O–H groups in total. The zero-order chi connectivity index (χ0) is 53.2. The topological polar surface area (TPSA) is 404 Å². The largest absolute Gasteiger partial charge is 1.00 e. The third-order valence-electron chi connectivity index (χ3n) is 6.17. The number of nitrogens with two attached hydrogens (primary N) is 3. The average molecular weight is 1430 g/mol. The molecule has 398 valence electrons. The summed E-state index contributed by atoms with van der Waals surface area (Å²) < 4.78 is 121. The Bertz CT molecular complexity index is 2510. The molecule has 21 nitrogen and oxygen atoms in total. The van der Waals surface area contributed by atoms with Crippen molar-refractivity contribution in [3.8, 4) is 5.75 Å². The van der Waals surface area contributed by atoms with Crippen molar-refractivity contribution >= 4 is 173 Å². The summed E-state index contributed by atoms with van der Waals surface area (Å²) in [4.78, 5) is 43.0. The SMILES string of the molecule is C.C.Cl.NO.Nc1c(OC=O)ccc(Br)c1F.Nc1cccc(Br)c1F.O=C(/C=N/O)Cc1cccc(Br)c1F.O=C1Cc2c(ccc(Br)c2F)C1=O.O=S(=O)(O)O.O=S(=O)([O-])[O-].OC(O)C(Cl)(Cl)Cl.[Na+].[Na+]. The van der Waals surface area contributed by atoms with E-state index in [1.54, 1.807) is 24.3 Å². The van der Waals surface area contributed by atoms with Gasteiger partial charge in [0.2, 0.25) is 15.4 Å². The zero-order valence-electron chi connectivity index (χ0n) is 34.7. The number of carbonyl (C=O) groups excluding carboxylic acids is 4. The first-order valence-corrected chi connectivity index (χ1v) is 22.9. The molecule has 4 aromatic carbocycles. The third kappa shape index (κ3) is 40.1. The number of benzene rings is 4. The number of nitrogen functional groups attached to an aromatic ring is 2. The van der Waals surface area contributed by atoms with Crippen LogP contribution in [0.2, 0.25) is 0 Å². The molecule has 4 aromatic rings. The van der Waals surface area contributed by atoms with Gasteiger partial charge >= 0.3 is 69.5 Å². The van der Waals surface area contributed by atoms with Crippen LogP contribution in [-0.4, -0.2) is 95.8 Å². The molecular weight excluding hydrogens is 1400 g/mol. The molecular formula is C35H38Br4Cl4F4N4Na2O17S2. The molecule has 5 rings (SSSR count). The Balaban J connectivity index is -0.000000112. The van der Waals surface area contributed by atoms with Crippen LogP contribution in [0, 0.1) is 23.3 Å². The second kappa shape index (κ2) is 43.9. The molecule has 37 heteroatoms. The monoisotopic (exact) mass is 1430 g/mol. The number of Topliss-reactive ketones (excluding diaryl/α,β-unsaturated/α-hetero) is 3. The molecule has 0 heterocycles. The van der Waals surface area contributed by atoms with Crippen molar-refractivity contribution in [1.29, 1.82) is 0 Å². The van der Waals surface area contributed by atoms with Gasteiger partial charge in [0.25, 0.3) is 6.47 Å². The number of hydrogen-bond acceptors (Lipinski definition) is 19. The third-order valence-corrected chi connectivity index (χ3v) is 9.21. The number of ether oxygens (including phenoxy) is 1. The molecule has 0 fully saturated rings. The van der Waals surface area contributed by atoms with E-state index in [0.29, 0.717) is 8.95 Å². The fourth-order valence-electron chi connectivity index (χ4n) is 3.58. The molecule has 0 saturated heterocycles. The first-order chi connectivity index (χ1) is 30.6. The zero-order valence-corrected chi connectivity index (χ0v) is 49.7. The number of ketones is 3. The van der Waals surface area contributed by atoms with Gasteiger partial charge in [-0.3, -0.25) is 36.7 Å². The summed E-state index contributed by atoms with van der Waals surface area (Å²) in [6.45, 7) is 0.193. The predicted molar refractivity (Wildman–Crippen MR) is 264 cm³/mol. The number of alkyl halides is 3. The molecule has 1 aliphatic carbocycles. The van der Waals surface area contributed by atoms with Crippen molar-refractivity contribution in [3.05, 3.63) is 119 Å². The van der Waals surface area contributed by atoms with E-state index >= 15 is 0 Å². The van der Waals surface area contributed by atoms with E-state index in [4.69, 9.17) is 102 Å². The van der Waals surface area contributed by atoms with Gasteiger partial charge in [-0.05, 0) is 112 Å². The number of carbonyl (C=O) groups is 4. The minimum absolute atomic E-state index is 0. The molecule has 1 aliphatic rings. The Labute approximate surface area is 508 Å². The van der Waals surface area contributed by atoms with Crippen LogP contribution in [0.25, 0.3) is 0 Å². The Hall–Kier alpha value is -1.19. The first-order valence-electron chi connectivity index (χ1n) is 15.8. The molecule has 0 radical (unpaired) electrons. The van der Waals surface area contributed by atoms with Crippen LogP contribution in [0.1, 0.15) is 36.3 Å². The van der Waals surface area contributed by atoms with Crippen LogP contribution < -0.4 is 81.2 Å². The summed E-state index contributed by atoms with van der Waals surface area (Å²) in [6.07, 6.45) is -1.38. The molecule has 0 amide bonds. The standard InChI is InChI=1S/C9H7BrFNO2.C9H4BrFO2.C7H5BrFNO2.C6H5BrFN.C2H3Cl3O2.2CH4.ClH.H3NO.2Na.2H2O4S/c10-8-3-1-2-6(9(8)11)4-7(13)5-12-14;10-6-2-1-4-5(8(6)11)3-7(12)9(4)13;8-4-1-2-5(12-3-11)7(10)6(4)9;7-4-2-1-3-5(9)6(4)8;3-2(4,5)1(6)7;;;;1-2;;;2*1-5(2,3)4/h1-3,5,14H,4H2;1-2H,3H2;1-3H,10H2;1-3H,9H2;1,6-7H;2*1H4;1H;2H,1H2;;;2*(H2,1,2,3,4)/q;;;;;;;;;2*+1;;/p-2/b12-5+;;;;;;;;;;;;. The Kier molecular flexibility index (Phi) is 53.3. The van der Waals surface area contributed by atoms with Crippen molar-refractivity contribution in [3.63, 3.8) is 0 Å². The number of aliphatic hydroxyl groups is 2. The molecule has 0 aromatic heterocycles. The molecule has 72 heavy (non-hydrogen) atoms. The summed E-state index contributed by atoms with van der Waals surface area (Å²) in [5.74, 6) is -0.0423. The van der Waals surface area contributed by atoms with Gasteiger partial charge in [0, 0.05) is 34.4 Å². The second-order valence-corrected chi connectivity index (χ2v) is 18.3. The fourth-order valence-corrected chi connectivity index (χ4v) is 5.08. The predicted octanol–water partition coefficient (Wildman–Crippen LogP) is 1.64. The van der Waals surface area contributed by atoms with Crippen molar-refractivity contribution in [2.45, 2.75) is 37.8 Å². The second-order valence-electron chi connectivity index (χ2n) is 10.8. The molecule has 0 saturated carbocycles. The smallest absolute Gasteiger partial charge is 0.759 e. The van der Waals surface area contributed by atoms with E-state index in [0.717, 1.165) is 6.21 Å². The van der Waals surface area contributed by atoms with E-state index in [-0.39, 0.29) is 148 Å². The molecule has 0 bridgehead atoms. The van der Waals surface area contributed by atoms with Crippen molar-refractivity contribution < 1.29 is 156 Å². The minimum Gasteiger partial charge on any atom is -0.759 e. The molecule has 0 aliphatic heterocycles. The van der Waals surface area contributed by atoms with Crippen LogP contribution in [-0.2, 0) is 48.0 Å². The van der Waals surface area contributed by atoms with Crippen LogP contribution in [0.5, 0.6) is 5.75 Å². The van der Waals surface area contributed by atoms with Gasteiger partial charge < -0.3 is 45.9 Å². The van der Waals surface area contributed by atoms with Crippen LogP contribution in [0.3, 0.4) is 0 Å². The number of hydrogen-bond donors (Lipinski definition) is 9. The van der Waals surface area contributed by atoms with Crippen LogP contribution in [0.4, 0.5) is 28.9 Å². The van der Waals surface area contributed by atoms with E-state index in [1.165, 1.54) is 36.4 Å². The number of anilines is 2. The molecule has 0 atom stereocenters. The van der Waals surface area contributed by atoms with Crippen molar-refractivity contribution in [2.24, 2.45) is 11.1 Å². The number of nitrogens with zero attached hydrogens (tertiary/aromatic N) is 1. The van der Waals surface area contributed by atoms with Gasteiger partial charge in [-0.2, -0.15) is 8.42 Å². The summed E-state index contributed by atoms with van der Waals surface area (Å²) in [7, 11) is -9.83. The quantitative estimate of drug-likeness (QED) is 0.0111. The maximum absolute atomic E-state index is 13.3. The summed E-state index contributed by atoms with van der Waals surface area (Å²) >= 11 is 26.6. The molecule has 0 spiro atoms. The van der Waals surface area contributed by atoms with Gasteiger partial charge in [0.15, 0.2) is 29.5 Å². The van der Waals surface area contributed by atoms with E-state index in [1.807, 2.05) is 0 Å². The normalized spacial score (nSPS) is 10.5. The van der Waals surface area contributed by atoms with Gasteiger partial charge in [-0.1, -0.05) is 73.0 Å². The van der Waals surface area contributed by atoms with Gasteiger partial charge in [-0.15, -0.1) is 12.4 Å². The number of rotatable bonds is 5. The Morgan fingerprint density at radius 1 is 0.792 bits per heavy atom. The van der Waals surface area contributed by atoms with E-state index in [9.17, 15) is 36.7 Å². The molecule has 0 unspecified atom stereocenters. The van der Waals surface area contributed by atoms with Crippen LogP contribution >= 0.6 is 111 Å². The van der Waals surface area contributed by atoms with Crippen molar-refractivity contribution in [2.75, 3.05) is 11.5 Å². The van der Waals surface area contributed by atoms with Gasteiger partial charge in [0.1, 0.15) is 23.5 Å². The summed E-state index contributed by atoms with van der Waals surface area (Å²) in [5.41, 5.74) is 11.2. The number of aliphatic hydroxyl groups excluding tert-OH is 1. The Morgan fingerprint density at radius 2 is 1.18 bits per heavy atom.